The van der Waals surface area contributed by atoms with E-state index < -0.39 is 0 Å². The third kappa shape index (κ3) is 5.17. The van der Waals surface area contributed by atoms with Crippen molar-refractivity contribution in [3.63, 3.8) is 0 Å². The Bertz CT molecular complexity index is 408. The van der Waals surface area contributed by atoms with Gasteiger partial charge in [0.05, 0.1) is 5.69 Å². The van der Waals surface area contributed by atoms with Crippen molar-refractivity contribution in [2.24, 2.45) is 0 Å². The van der Waals surface area contributed by atoms with E-state index in [1.165, 1.54) is 6.07 Å². The van der Waals surface area contributed by atoms with Crippen molar-refractivity contribution in [3.8, 4) is 0 Å². The summed E-state index contributed by atoms with van der Waals surface area (Å²) < 4.78 is 19.9. The number of halogens is 3. The average Bonchev–Trinajstić information content (AvgIpc) is 2.29. The Hall–Kier alpha value is -0.240. The Morgan fingerprint density at radius 2 is 2.17 bits per heavy atom. The average molecular weight is 400 g/mol. The van der Waals surface area contributed by atoms with Crippen LogP contribution in [0.3, 0.4) is 0 Å². The quantitative estimate of drug-likeness (QED) is 0.584. The van der Waals surface area contributed by atoms with E-state index in [1.807, 2.05) is 0 Å². The lowest BCUT2D eigenvalue weighted by atomic mass is 10.3. The van der Waals surface area contributed by atoms with Crippen molar-refractivity contribution in [2.45, 2.75) is 6.42 Å². The molecule has 0 radical (unpaired) electrons. The standard InChI is InChI=1S/C11H13Br2FN2OS/c1-17-4-2-3-15-11(18)16-10-8(13)5-7(12)6-9(10)14/h5-6H,2-4H2,1H3,(H2,15,16,18). The Balaban J connectivity index is 2.54. The molecular weight excluding hydrogens is 387 g/mol. The second-order valence-electron chi connectivity index (χ2n) is 3.47. The molecule has 18 heavy (non-hydrogen) atoms. The second kappa shape index (κ2) is 8.04. The van der Waals surface area contributed by atoms with Crippen molar-refractivity contribution in [3.05, 3.63) is 26.9 Å². The molecule has 0 aromatic heterocycles. The van der Waals surface area contributed by atoms with Gasteiger partial charge in [-0.15, -0.1) is 0 Å². The summed E-state index contributed by atoms with van der Waals surface area (Å²) in [5.74, 6) is -0.378. The predicted molar refractivity (Wildman–Crippen MR) is 82.5 cm³/mol. The first-order chi connectivity index (χ1) is 8.54. The first kappa shape index (κ1) is 15.8. The maximum absolute atomic E-state index is 13.7. The second-order valence-corrected chi connectivity index (χ2v) is 5.65. The van der Waals surface area contributed by atoms with Gasteiger partial charge in [0.15, 0.2) is 5.11 Å². The predicted octanol–water partition coefficient (Wildman–Crippen LogP) is 3.67. The zero-order chi connectivity index (χ0) is 13.5. The van der Waals surface area contributed by atoms with Gasteiger partial charge in [-0.25, -0.2) is 4.39 Å². The number of hydrogen-bond acceptors (Lipinski definition) is 2. The molecule has 0 heterocycles. The summed E-state index contributed by atoms with van der Waals surface area (Å²) in [4.78, 5) is 0. The van der Waals surface area contributed by atoms with Crippen LogP contribution in [0, 0.1) is 5.82 Å². The zero-order valence-corrected chi connectivity index (χ0v) is 13.7. The first-order valence-electron chi connectivity index (χ1n) is 5.23. The number of hydrogen-bond donors (Lipinski definition) is 2. The minimum Gasteiger partial charge on any atom is -0.385 e. The summed E-state index contributed by atoms with van der Waals surface area (Å²) in [5.41, 5.74) is 0.322. The lowest BCUT2D eigenvalue weighted by Gasteiger charge is -2.12. The van der Waals surface area contributed by atoms with Gasteiger partial charge in [0.2, 0.25) is 0 Å². The molecule has 2 N–H and O–H groups in total. The van der Waals surface area contributed by atoms with Crippen LogP contribution in [0.1, 0.15) is 6.42 Å². The van der Waals surface area contributed by atoms with Crippen LogP contribution in [-0.4, -0.2) is 25.4 Å². The number of ether oxygens (including phenoxy) is 1. The fraction of sp³-hybridized carbons (Fsp3) is 0.364. The maximum Gasteiger partial charge on any atom is 0.170 e. The van der Waals surface area contributed by atoms with E-state index in [0.29, 0.717) is 32.9 Å². The van der Waals surface area contributed by atoms with Crippen LogP contribution in [0.15, 0.2) is 21.1 Å². The fourth-order valence-electron chi connectivity index (χ4n) is 1.24. The molecule has 0 aliphatic rings. The van der Waals surface area contributed by atoms with E-state index in [2.05, 4.69) is 42.5 Å². The molecule has 0 saturated carbocycles. The summed E-state index contributed by atoms with van der Waals surface area (Å²) in [7, 11) is 1.64. The maximum atomic E-state index is 13.7. The molecular formula is C11H13Br2FN2OS. The smallest absolute Gasteiger partial charge is 0.170 e. The largest absolute Gasteiger partial charge is 0.385 e. The van der Waals surface area contributed by atoms with Crippen LogP contribution in [0.2, 0.25) is 0 Å². The SMILES string of the molecule is COCCCNC(=S)Nc1c(F)cc(Br)cc1Br. The molecule has 0 aliphatic heterocycles. The summed E-state index contributed by atoms with van der Waals surface area (Å²) in [6.07, 6.45) is 0.836. The van der Waals surface area contributed by atoms with Crippen molar-refractivity contribution >= 4 is 54.9 Å². The number of rotatable bonds is 5. The van der Waals surface area contributed by atoms with Crippen molar-refractivity contribution in [2.75, 3.05) is 25.6 Å². The number of methoxy groups -OCH3 is 1. The third-order valence-corrected chi connectivity index (χ3v) is 3.39. The molecule has 1 aromatic carbocycles. The van der Waals surface area contributed by atoms with Crippen molar-refractivity contribution < 1.29 is 9.13 Å². The van der Waals surface area contributed by atoms with Gasteiger partial charge in [0.25, 0.3) is 0 Å². The van der Waals surface area contributed by atoms with Crippen LogP contribution in [0.25, 0.3) is 0 Å². The Labute approximate surface area is 128 Å². The molecule has 0 spiro atoms. The van der Waals surface area contributed by atoms with E-state index in [0.717, 1.165) is 6.42 Å². The number of benzene rings is 1. The molecule has 0 fully saturated rings. The lowest BCUT2D eigenvalue weighted by Crippen LogP contribution is -2.30. The summed E-state index contributed by atoms with van der Waals surface area (Å²) in [6, 6.07) is 3.12. The Morgan fingerprint density at radius 3 is 2.78 bits per heavy atom. The van der Waals surface area contributed by atoms with Gasteiger partial charge in [-0.3, -0.25) is 0 Å². The van der Waals surface area contributed by atoms with E-state index >= 15 is 0 Å². The van der Waals surface area contributed by atoms with Crippen LogP contribution in [-0.2, 0) is 4.74 Å². The summed E-state index contributed by atoms with van der Waals surface area (Å²) >= 11 is 11.6. The zero-order valence-electron chi connectivity index (χ0n) is 9.73. The molecule has 100 valence electrons. The third-order valence-electron chi connectivity index (χ3n) is 2.06. The van der Waals surface area contributed by atoms with E-state index in [-0.39, 0.29) is 5.82 Å². The van der Waals surface area contributed by atoms with Crippen LogP contribution >= 0.6 is 44.1 Å². The molecule has 0 unspecified atom stereocenters. The molecule has 0 atom stereocenters. The number of thiocarbonyl (C=S) groups is 1. The van der Waals surface area contributed by atoms with Gasteiger partial charge in [0.1, 0.15) is 5.82 Å². The van der Waals surface area contributed by atoms with E-state index in [9.17, 15) is 4.39 Å². The molecule has 0 amide bonds. The topological polar surface area (TPSA) is 33.3 Å². The van der Waals surface area contributed by atoms with Gasteiger partial charge in [-0.1, -0.05) is 15.9 Å². The van der Waals surface area contributed by atoms with Crippen LogP contribution in [0.5, 0.6) is 0 Å². The summed E-state index contributed by atoms with van der Waals surface area (Å²) in [6.45, 7) is 1.33. The van der Waals surface area contributed by atoms with E-state index in [1.54, 1.807) is 13.2 Å². The van der Waals surface area contributed by atoms with Gasteiger partial charge < -0.3 is 15.4 Å². The van der Waals surface area contributed by atoms with Gasteiger partial charge in [-0.05, 0) is 46.7 Å². The normalized spacial score (nSPS) is 10.2. The molecule has 0 aliphatic carbocycles. The highest BCUT2D eigenvalue weighted by Gasteiger charge is 2.09. The van der Waals surface area contributed by atoms with Crippen LogP contribution < -0.4 is 10.6 Å². The molecule has 0 bridgehead atoms. The van der Waals surface area contributed by atoms with Gasteiger partial charge >= 0.3 is 0 Å². The molecule has 0 saturated heterocycles. The van der Waals surface area contributed by atoms with E-state index in [4.69, 9.17) is 17.0 Å². The fourth-order valence-corrected chi connectivity index (χ4v) is 2.71. The Morgan fingerprint density at radius 1 is 1.44 bits per heavy atom. The van der Waals surface area contributed by atoms with Crippen LogP contribution in [0.4, 0.5) is 10.1 Å². The monoisotopic (exact) mass is 398 g/mol. The minimum absolute atomic E-state index is 0.322. The minimum atomic E-state index is -0.378. The highest BCUT2D eigenvalue weighted by Crippen LogP contribution is 2.29. The molecule has 1 rings (SSSR count). The highest BCUT2D eigenvalue weighted by molar-refractivity contribution is 9.11. The number of nitrogens with one attached hydrogen (secondary N) is 2. The van der Waals surface area contributed by atoms with Gasteiger partial charge in [-0.2, -0.15) is 0 Å². The summed E-state index contributed by atoms with van der Waals surface area (Å²) in [5, 5.41) is 6.18. The van der Waals surface area contributed by atoms with Gasteiger partial charge in [0, 0.05) is 29.2 Å². The first-order valence-corrected chi connectivity index (χ1v) is 7.22. The molecule has 7 heteroatoms. The highest BCUT2D eigenvalue weighted by atomic mass is 79.9. The van der Waals surface area contributed by atoms with Crippen molar-refractivity contribution in [1.29, 1.82) is 0 Å². The molecule has 3 nitrogen and oxygen atoms in total. The number of anilines is 1. The Kier molecular flexibility index (Phi) is 7.06. The molecule has 1 aromatic rings. The van der Waals surface area contributed by atoms with Crippen molar-refractivity contribution in [1.82, 2.24) is 5.32 Å². The lowest BCUT2D eigenvalue weighted by molar-refractivity contribution is 0.196.